The van der Waals surface area contributed by atoms with E-state index in [-0.39, 0.29) is 12.0 Å². The van der Waals surface area contributed by atoms with Gasteiger partial charge in [0.05, 0.1) is 14.2 Å². The molecule has 4 nitrogen and oxygen atoms in total. The monoisotopic (exact) mass is 249 g/mol. The van der Waals surface area contributed by atoms with E-state index in [1.807, 2.05) is 18.2 Å². The number of rotatable bonds is 5. The average molecular weight is 249 g/mol. The molecule has 1 aliphatic heterocycles. The lowest BCUT2D eigenvalue weighted by atomic mass is 10.0. The molecule has 98 valence electrons. The zero-order valence-corrected chi connectivity index (χ0v) is 10.9. The molecule has 1 fully saturated rings. The highest BCUT2D eigenvalue weighted by molar-refractivity contribution is 5.76. The van der Waals surface area contributed by atoms with E-state index in [0.29, 0.717) is 0 Å². The molecule has 1 aromatic rings. The summed E-state index contributed by atoms with van der Waals surface area (Å²) in [4.78, 5) is 13.6. The van der Waals surface area contributed by atoms with Gasteiger partial charge in [-0.1, -0.05) is 12.1 Å². The summed E-state index contributed by atoms with van der Waals surface area (Å²) in [5.41, 5.74) is 1.23. The van der Waals surface area contributed by atoms with Crippen molar-refractivity contribution >= 4 is 5.97 Å². The van der Waals surface area contributed by atoms with E-state index in [1.165, 1.54) is 12.7 Å². The van der Waals surface area contributed by atoms with E-state index < -0.39 is 0 Å². The Hall–Kier alpha value is -1.55. The second kappa shape index (κ2) is 5.87. The van der Waals surface area contributed by atoms with Gasteiger partial charge in [-0.25, -0.2) is 0 Å². The Morgan fingerprint density at radius 1 is 1.44 bits per heavy atom. The van der Waals surface area contributed by atoms with Gasteiger partial charge in [-0.15, -0.1) is 0 Å². The number of ether oxygens (including phenoxy) is 2. The molecule has 0 N–H and O–H groups in total. The van der Waals surface area contributed by atoms with Gasteiger partial charge in [-0.2, -0.15) is 0 Å². The molecule has 1 aliphatic rings. The third-order valence-corrected chi connectivity index (χ3v) is 3.43. The van der Waals surface area contributed by atoms with Crippen LogP contribution in [0.1, 0.15) is 12.0 Å². The molecule has 0 aromatic heterocycles. The van der Waals surface area contributed by atoms with Crippen LogP contribution in [0.2, 0.25) is 0 Å². The maximum absolute atomic E-state index is 11.4. The van der Waals surface area contributed by atoms with Crippen molar-refractivity contribution in [3.05, 3.63) is 29.8 Å². The van der Waals surface area contributed by atoms with Crippen molar-refractivity contribution in [3.63, 3.8) is 0 Å². The van der Waals surface area contributed by atoms with E-state index in [0.717, 1.165) is 31.7 Å². The Bertz CT molecular complexity index is 419. The fourth-order valence-corrected chi connectivity index (χ4v) is 2.21. The van der Waals surface area contributed by atoms with Gasteiger partial charge >= 0.3 is 5.97 Å². The zero-order chi connectivity index (χ0) is 13.0. The van der Waals surface area contributed by atoms with Crippen molar-refractivity contribution in [1.29, 1.82) is 0 Å². The first-order valence-corrected chi connectivity index (χ1v) is 6.19. The number of benzene rings is 1. The van der Waals surface area contributed by atoms with Crippen LogP contribution in [-0.2, 0) is 16.0 Å². The Morgan fingerprint density at radius 3 is 2.89 bits per heavy atom. The highest BCUT2D eigenvalue weighted by Gasteiger charge is 2.34. The minimum Gasteiger partial charge on any atom is -0.497 e. The number of likely N-dealkylation sites (tertiary alicyclic amines) is 1. The molecule has 0 radical (unpaired) electrons. The number of esters is 1. The summed E-state index contributed by atoms with van der Waals surface area (Å²) >= 11 is 0. The van der Waals surface area contributed by atoms with Gasteiger partial charge in [0.1, 0.15) is 11.8 Å². The van der Waals surface area contributed by atoms with Crippen molar-refractivity contribution in [2.45, 2.75) is 18.9 Å². The van der Waals surface area contributed by atoms with Gasteiger partial charge in [-0.05, 0) is 30.5 Å². The average Bonchev–Trinajstić information content (AvgIpc) is 2.37. The minimum absolute atomic E-state index is 0.0411. The third kappa shape index (κ3) is 2.82. The normalized spacial score (nSPS) is 19.1. The van der Waals surface area contributed by atoms with Crippen molar-refractivity contribution in [1.82, 2.24) is 4.90 Å². The topological polar surface area (TPSA) is 38.8 Å². The molecule has 0 spiro atoms. The van der Waals surface area contributed by atoms with Crippen molar-refractivity contribution in [3.8, 4) is 5.75 Å². The SMILES string of the molecule is COC(=O)C1CCN1CCc1cccc(OC)c1. The Balaban J connectivity index is 1.86. The van der Waals surface area contributed by atoms with Crippen LogP contribution in [0.5, 0.6) is 5.75 Å². The minimum atomic E-state index is -0.119. The summed E-state index contributed by atoms with van der Waals surface area (Å²) in [7, 11) is 3.11. The number of nitrogens with zero attached hydrogens (tertiary/aromatic N) is 1. The number of methoxy groups -OCH3 is 2. The van der Waals surface area contributed by atoms with Crippen molar-refractivity contribution in [2.75, 3.05) is 27.3 Å². The van der Waals surface area contributed by atoms with Crippen LogP contribution in [0, 0.1) is 0 Å². The quantitative estimate of drug-likeness (QED) is 0.741. The maximum atomic E-state index is 11.4. The molecule has 4 heteroatoms. The van der Waals surface area contributed by atoms with Crippen LogP contribution in [0.3, 0.4) is 0 Å². The third-order valence-electron chi connectivity index (χ3n) is 3.43. The highest BCUT2D eigenvalue weighted by atomic mass is 16.5. The van der Waals surface area contributed by atoms with Crippen LogP contribution in [0.15, 0.2) is 24.3 Å². The maximum Gasteiger partial charge on any atom is 0.323 e. The summed E-state index contributed by atoms with van der Waals surface area (Å²) in [6.07, 6.45) is 1.83. The molecule has 18 heavy (non-hydrogen) atoms. The van der Waals surface area contributed by atoms with Crippen molar-refractivity contribution < 1.29 is 14.3 Å². The van der Waals surface area contributed by atoms with E-state index >= 15 is 0 Å². The number of carbonyl (C=O) groups is 1. The first-order chi connectivity index (χ1) is 8.74. The number of carbonyl (C=O) groups excluding carboxylic acids is 1. The molecular weight excluding hydrogens is 230 g/mol. The second-order valence-corrected chi connectivity index (χ2v) is 4.47. The van der Waals surface area contributed by atoms with Gasteiger partial charge in [0.15, 0.2) is 0 Å². The lowest BCUT2D eigenvalue weighted by Crippen LogP contribution is -2.53. The van der Waals surface area contributed by atoms with Crippen LogP contribution in [-0.4, -0.2) is 44.2 Å². The largest absolute Gasteiger partial charge is 0.497 e. The molecule has 1 atom stereocenters. The molecule has 2 rings (SSSR count). The Morgan fingerprint density at radius 2 is 2.28 bits per heavy atom. The summed E-state index contributed by atoms with van der Waals surface area (Å²) in [5, 5.41) is 0. The summed E-state index contributed by atoms with van der Waals surface area (Å²) in [6.45, 7) is 1.86. The van der Waals surface area contributed by atoms with Gasteiger partial charge < -0.3 is 9.47 Å². The molecule has 1 unspecified atom stereocenters. The highest BCUT2D eigenvalue weighted by Crippen LogP contribution is 2.20. The molecule has 0 aliphatic carbocycles. The lowest BCUT2D eigenvalue weighted by Gasteiger charge is -2.38. The van der Waals surface area contributed by atoms with Crippen molar-refractivity contribution in [2.24, 2.45) is 0 Å². The Kier molecular flexibility index (Phi) is 4.20. The first-order valence-electron chi connectivity index (χ1n) is 6.19. The zero-order valence-electron chi connectivity index (χ0n) is 10.9. The molecule has 1 aromatic carbocycles. The van der Waals surface area contributed by atoms with E-state index in [9.17, 15) is 4.79 Å². The van der Waals surface area contributed by atoms with Gasteiger partial charge in [0.2, 0.25) is 0 Å². The summed E-state index contributed by atoms with van der Waals surface area (Å²) in [6, 6.07) is 8.00. The van der Waals surface area contributed by atoms with Gasteiger partial charge in [0, 0.05) is 13.1 Å². The predicted octanol–water partition coefficient (Wildman–Crippen LogP) is 1.48. The predicted molar refractivity (Wildman–Crippen MR) is 68.7 cm³/mol. The van der Waals surface area contributed by atoms with Crippen LogP contribution in [0.25, 0.3) is 0 Å². The smallest absolute Gasteiger partial charge is 0.323 e. The van der Waals surface area contributed by atoms with Crippen LogP contribution in [0.4, 0.5) is 0 Å². The van der Waals surface area contributed by atoms with E-state index in [1.54, 1.807) is 7.11 Å². The lowest BCUT2D eigenvalue weighted by molar-refractivity contribution is -0.151. The molecular formula is C14H19NO3. The molecule has 1 saturated heterocycles. The number of hydrogen-bond donors (Lipinski definition) is 0. The van der Waals surface area contributed by atoms with E-state index in [4.69, 9.17) is 9.47 Å². The molecule has 0 saturated carbocycles. The van der Waals surface area contributed by atoms with Crippen LogP contribution >= 0.6 is 0 Å². The summed E-state index contributed by atoms with van der Waals surface area (Å²) in [5.74, 6) is 0.757. The van der Waals surface area contributed by atoms with E-state index in [2.05, 4.69) is 11.0 Å². The molecule has 1 heterocycles. The number of hydrogen-bond acceptors (Lipinski definition) is 4. The molecule has 0 amide bonds. The fraction of sp³-hybridized carbons (Fsp3) is 0.500. The fourth-order valence-electron chi connectivity index (χ4n) is 2.21. The molecule has 0 bridgehead atoms. The Labute approximate surface area is 107 Å². The van der Waals surface area contributed by atoms with Gasteiger partial charge in [-0.3, -0.25) is 9.69 Å². The summed E-state index contributed by atoms with van der Waals surface area (Å²) < 4.78 is 9.96. The standard InChI is InChI=1S/C14H19NO3/c1-17-12-5-3-4-11(10-12)6-8-15-9-7-13(15)14(16)18-2/h3-5,10,13H,6-9H2,1-2H3. The van der Waals surface area contributed by atoms with Gasteiger partial charge in [0.25, 0.3) is 0 Å². The second-order valence-electron chi connectivity index (χ2n) is 4.47. The van der Waals surface area contributed by atoms with Crippen LogP contribution < -0.4 is 4.74 Å². The first kappa shape index (κ1) is 12.9.